The van der Waals surface area contributed by atoms with Crippen molar-refractivity contribution in [1.29, 1.82) is 0 Å². The minimum Gasteiger partial charge on any atom is -0.324 e. The van der Waals surface area contributed by atoms with Crippen molar-refractivity contribution in [2.24, 2.45) is 0 Å². The van der Waals surface area contributed by atoms with Crippen LogP contribution >= 0.6 is 11.3 Å². The maximum Gasteiger partial charge on any atom is 0.241 e. The predicted molar refractivity (Wildman–Crippen MR) is 97.0 cm³/mol. The molecule has 1 N–H and O–H groups in total. The molecule has 2 heterocycles. The zero-order valence-corrected chi connectivity index (χ0v) is 14.8. The van der Waals surface area contributed by atoms with E-state index in [4.69, 9.17) is 0 Å². The lowest BCUT2D eigenvalue weighted by Gasteiger charge is -2.29. The number of rotatable bonds is 4. The van der Waals surface area contributed by atoms with E-state index in [1.165, 1.54) is 11.1 Å². The summed E-state index contributed by atoms with van der Waals surface area (Å²) in [6.07, 6.45) is 2.29. The van der Waals surface area contributed by atoms with E-state index < -0.39 is 0 Å². The van der Waals surface area contributed by atoms with E-state index in [1.807, 2.05) is 26.0 Å². The highest BCUT2D eigenvalue weighted by molar-refractivity contribution is 7.07. The minimum atomic E-state index is -0.122. The number of carbonyl (C=O) groups is 1. The van der Waals surface area contributed by atoms with E-state index in [1.54, 1.807) is 11.3 Å². The molecule has 1 aromatic carbocycles. The van der Waals surface area contributed by atoms with Crippen molar-refractivity contribution in [2.45, 2.75) is 45.7 Å². The van der Waals surface area contributed by atoms with Crippen molar-refractivity contribution in [1.82, 2.24) is 4.90 Å². The Kier molecular flexibility index (Phi) is 4.83. The third-order valence-corrected chi connectivity index (χ3v) is 5.44. The van der Waals surface area contributed by atoms with Crippen molar-refractivity contribution in [3.63, 3.8) is 0 Å². The van der Waals surface area contributed by atoms with Gasteiger partial charge in [0.15, 0.2) is 0 Å². The van der Waals surface area contributed by atoms with E-state index in [-0.39, 0.29) is 11.9 Å². The van der Waals surface area contributed by atoms with Gasteiger partial charge < -0.3 is 5.32 Å². The summed E-state index contributed by atoms with van der Waals surface area (Å²) in [6.45, 7) is 7.11. The quantitative estimate of drug-likeness (QED) is 0.894. The van der Waals surface area contributed by atoms with Crippen LogP contribution < -0.4 is 5.32 Å². The molecule has 1 amide bonds. The number of carbonyl (C=O) groups excluding carboxylic acids is 1. The Balaban J connectivity index is 1.71. The fraction of sp³-hybridized carbons (Fsp3) is 0.421. The highest BCUT2D eigenvalue weighted by Crippen LogP contribution is 2.34. The Labute approximate surface area is 142 Å². The lowest BCUT2D eigenvalue weighted by Crippen LogP contribution is -2.41. The number of thiophene rings is 1. The van der Waals surface area contributed by atoms with Gasteiger partial charge in [0, 0.05) is 11.7 Å². The molecule has 1 aliphatic heterocycles. The summed E-state index contributed by atoms with van der Waals surface area (Å²) in [5.41, 5.74) is 4.59. The summed E-state index contributed by atoms with van der Waals surface area (Å²) >= 11 is 1.73. The van der Waals surface area contributed by atoms with Crippen LogP contribution in [0.5, 0.6) is 0 Å². The third-order valence-electron chi connectivity index (χ3n) is 4.74. The maximum absolute atomic E-state index is 12.7. The summed E-state index contributed by atoms with van der Waals surface area (Å²) in [4.78, 5) is 15.0. The molecule has 23 heavy (non-hydrogen) atoms. The van der Waals surface area contributed by atoms with Crippen molar-refractivity contribution < 1.29 is 4.79 Å². The fourth-order valence-corrected chi connectivity index (χ4v) is 4.12. The monoisotopic (exact) mass is 328 g/mol. The molecule has 3 nitrogen and oxygen atoms in total. The van der Waals surface area contributed by atoms with E-state index in [9.17, 15) is 4.79 Å². The van der Waals surface area contributed by atoms with Gasteiger partial charge in [-0.25, -0.2) is 0 Å². The second-order valence-electron chi connectivity index (χ2n) is 6.44. The van der Waals surface area contributed by atoms with Gasteiger partial charge in [0.1, 0.15) is 0 Å². The summed E-state index contributed by atoms with van der Waals surface area (Å²) in [5, 5.41) is 7.43. The second kappa shape index (κ2) is 6.85. The topological polar surface area (TPSA) is 32.3 Å². The van der Waals surface area contributed by atoms with Crippen LogP contribution in [0, 0.1) is 13.8 Å². The molecule has 0 unspecified atom stereocenters. The summed E-state index contributed by atoms with van der Waals surface area (Å²) < 4.78 is 0. The SMILES string of the molecule is Cc1ccc(NC(=O)[C@H](C)N2CCC[C@H]2c2ccsc2)c(C)c1. The van der Waals surface area contributed by atoms with Gasteiger partial charge in [0.2, 0.25) is 5.91 Å². The smallest absolute Gasteiger partial charge is 0.241 e. The number of hydrogen-bond acceptors (Lipinski definition) is 3. The van der Waals surface area contributed by atoms with Gasteiger partial charge >= 0.3 is 0 Å². The van der Waals surface area contributed by atoms with Gasteiger partial charge in [0.25, 0.3) is 0 Å². The maximum atomic E-state index is 12.7. The largest absolute Gasteiger partial charge is 0.324 e. The molecule has 3 rings (SSSR count). The first-order valence-corrected chi connectivity index (χ1v) is 9.16. The first-order valence-electron chi connectivity index (χ1n) is 8.22. The summed E-state index contributed by atoms with van der Waals surface area (Å²) in [7, 11) is 0. The van der Waals surface area contributed by atoms with Crippen LogP contribution in [0.1, 0.15) is 42.5 Å². The Hall–Kier alpha value is -1.65. The van der Waals surface area contributed by atoms with E-state index in [0.29, 0.717) is 6.04 Å². The first-order chi connectivity index (χ1) is 11.1. The Morgan fingerprint density at radius 3 is 2.87 bits per heavy atom. The number of aryl methyl sites for hydroxylation is 2. The number of nitrogens with zero attached hydrogens (tertiary/aromatic N) is 1. The molecule has 0 radical (unpaired) electrons. The van der Waals surface area contributed by atoms with Crippen LogP contribution in [0.4, 0.5) is 5.69 Å². The van der Waals surface area contributed by atoms with Crippen molar-refractivity contribution in [2.75, 3.05) is 11.9 Å². The first kappa shape index (κ1) is 16.2. The third kappa shape index (κ3) is 3.48. The fourth-order valence-electron chi connectivity index (χ4n) is 3.42. The van der Waals surface area contributed by atoms with Crippen molar-refractivity contribution in [3.05, 3.63) is 51.7 Å². The average Bonchev–Trinajstić information content (AvgIpc) is 3.19. The molecule has 2 atom stereocenters. The van der Waals surface area contributed by atoms with Crippen LogP contribution in [-0.2, 0) is 4.79 Å². The Morgan fingerprint density at radius 2 is 2.17 bits per heavy atom. The molecule has 1 aliphatic rings. The zero-order valence-electron chi connectivity index (χ0n) is 14.0. The highest BCUT2D eigenvalue weighted by atomic mass is 32.1. The van der Waals surface area contributed by atoms with E-state index in [2.05, 4.69) is 40.0 Å². The molecular weight excluding hydrogens is 304 g/mol. The molecule has 0 spiro atoms. The van der Waals surface area contributed by atoms with Crippen LogP contribution in [0.2, 0.25) is 0 Å². The number of amides is 1. The zero-order chi connectivity index (χ0) is 16.4. The highest BCUT2D eigenvalue weighted by Gasteiger charge is 2.33. The van der Waals surface area contributed by atoms with Crippen LogP contribution in [0.3, 0.4) is 0 Å². The Morgan fingerprint density at radius 1 is 1.35 bits per heavy atom. The average molecular weight is 328 g/mol. The van der Waals surface area contributed by atoms with E-state index in [0.717, 1.165) is 30.6 Å². The predicted octanol–water partition coefficient (Wildman–Crippen LogP) is 4.53. The normalized spacial score (nSPS) is 19.7. The molecule has 122 valence electrons. The number of nitrogens with one attached hydrogen (secondary N) is 1. The summed E-state index contributed by atoms with van der Waals surface area (Å²) in [6, 6.07) is 8.57. The standard InChI is InChI=1S/C19H24N2OS/c1-13-6-7-17(14(2)11-13)20-19(22)15(3)21-9-4-5-18(21)16-8-10-23-12-16/h6-8,10-12,15,18H,4-5,9H2,1-3H3,(H,20,22)/t15-,18-/m0/s1. The second-order valence-corrected chi connectivity index (χ2v) is 7.22. The van der Waals surface area contributed by atoms with Crippen molar-refractivity contribution >= 4 is 22.9 Å². The number of benzene rings is 1. The molecule has 0 aliphatic carbocycles. The van der Waals surface area contributed by atoms with Crippen molar-refractivity contribution in [3.8, 4) is 0 Å². The molecular formula is C19H24N2OS. The van der Waals surface area contributed by atoms with Gasteiger partial charge in [0.05, 0.1) is 6.04 Å². The molecule has 1 saturated heterocycles. The Bertz CT molecular complexity index is 681. The molecule has 1 fully saturated rings. The molecule has 0 saturated carbocycles. The van der Waals surface area contributed by atoms with Gasteiger partial charge in [-0.1, -0.05) is 17.7 Å². The number of likely N-dealkylation sites (tertiary alicyclic amines) is 1. The van der Waals surface area contributed by atoms with Crippen LogP contribution in [0.15, 0.2) is 35.0 Å². The van der Waals surface area contributed by atoms with E-state index >= 15 is 0 Å². The molecule has 2 aromatic rings. The lowest BCUT2D eigenvalue weighted by atomic mass is 10.1. The van der Waals surface area contributed by atoms with Gasteiger partial charge in [-0.3, -0.25) is 9.69 Å². The minimum absolute atomic E-state index is 0.0825. The van der Waals surface area contributed by atoms with Crippen LogP contribution in [0.25, 0.3) is 0 Å². The molecule has 0 bridgehead atoms. The van der Waals surface area contributed by atoms with Gasteiger partial charge in [-0.05, 0) is 74.2 Å². The summed E-state index contributed by atoms with van der Waals surface area (Å²) in [5.74, 6) is 0.0825. The van der Waals surface area contributed by atoms with Gasteiger partial charge in [-0.15, -0.1) is 0 Å². The molecule has 1 aromatic heterocycles. The number of hydrogen-bond donors (Lipinski definition) is 1. The number of anilines is 1. The van der Waals surface area contributed by atoms with Gasteiger partial charge in [-0.2, -0.15) is 11.3 Å². The lowest BCUT2D eigenvalue weighted by molar-refractivity contribution is -0.121. The van der Waals surface area contributed by atoms with Crippen LogP contribution in [-0.4, -0.2) is 23.4 Å². The molecule has 4 heteroatoms.